The summed E-state index contributed by atoms with van der Waals surface area (Å²) in [7, 11) is 0. The summed E-state index contributed by atoms with van der Waals surface area (Å²) in [5.74, 6) is 0.794. The Kier molecular flexibility index (Phi) is 4.16. The van der Waals surface area contributed by atoms with Crippen LogP contribution in [0.25, 0.3) is 0 Å². The molecule has 1 aliphatic carbocycles. The fourth-order valence-electron chi connectivity index (χ4n) is 2.93. The van der Waals surface area contributed by atoms with Crippen LogP contribution in [0, 0.1) is 11.8 Å². The number of nitrogens with one attached hydrogen (secondary N) is 2. The average molecular weight is 301 g/mol. The lowest BCUT2D eigenvalue weighted by Crippen LogP contribution is -2.52. The Labute approximate surface area is 131 Å². The maximum absolute atomic E-state index is 12.5. The largest absolute Gasteiger partial charge is 0.333 e. The van der Waals surface area contributed by atoms with Gasteiger partial charge >= 0.3 is 0 Å². The number of hydrogen-bond acceptors (Lipinski definition) is 3. The lowest BCUT2D eigenvalue weighted by Gasteiger charge is -2.34. The van der Waals surface area contributed by atoms with Crippen molar-refractivity contribution < 1.29 is 9.59 Å². The van der Waals surface area contributed by atoms with Gasteiger partial charge in [-0.3, -0.25) is 9.59 Å². The summed E-state index contributed by atoms with van der Waals surface area (Å²) >= 11 is 0. The second kappa shape index (κ2) is 6.08. The second-order valence-corrected chi connectivity index (χ2v) is 6.44. The number of carbonyl (C=O) groups excluding carboxylic acids is 2. The minimum absolute atomic E-state index is 0.0580. The molecule has 22 heavy (non-hydrogen) atoms. The van der Waals surface area contributed by atoms with Crippen LogP contribution in [0.15, 0.2) is 24.3 Å². The Morgan fingerprint density at radius 2 is 1.91 bits per heavy atom. The van der Waals surface area contributed by atoms with Crippen LogP contribution in [0.1, 0.15) is 30.6 Å². The van der Waals surface area contributed by atoms with Crippen LogP contribution < -0.4 is 10.6 Å². The van der Waals surface area contributed by atoms with Crippen molar-refractivity contribution in [3.8, 4) is 0 Å². The lowest BCUT2D eigenvalue weighted by molar-refractivity contribution is -0.117. The van der Waals surface area contributed by atoms with Gasteiger partial charge in [0.2, 0.25) is 5.91 Å². The zero-order valence-electron chi connectivity index (χ0n) is 13.1. The van der Waals surface area contributed by atoms with E-state index in [2.05, 4.69) is 24.5 Å². The number of anilines is 1. The zero-order valence-corrected chi connectivity index (χ0v) is 13.1. The summed E-state index contributed by atoms with van der Waals surface area (Å²) in [5, 5.41) is 6.20. The molecule has 5 nitrogen and oxygen atoms in total. The molecule has 1 heterocycles. The van der Waals surface area contributed by atoms with Crippen molar-refractivity contribution in [2.75, 3.05) is 25.0 Å². The van der Waals surface area contributed by atoms with Crippen molar-refractivity contribution in [2.45, 2.75) is 26.3 Å². The van der Waals surface area contributed by atoms with Gasteiger partial charge in [-0.05, 0) is 43.5 Å². The lowest BCUT2D eigenvalue weighted by atomic mass is 10.1. The number of benzene rings is 1. The van der Waals surface area contributed by atoms with E-state index in [1.54, 1.807) is 12.1 Å². The molecule has 1 aliphatic heterocycles. The van der Waals surface area contributed by atoms with E-state index >= 15 is 0 Å². The third kappa shape index (κ3) is 3.14. The summed E-state index contributed by atoms with van der Waals surface area (Å²) in [6.07, 6.45) is 0.975. The van der Waals surface area contributed by atoms with Gasteiger partial charge in [-0.2, -0.15) is 0 Å². The van der Waals surface area contributed by atoms with Crippen molar-refractivity contribution >= 4 is 17.5 Å². The first-order chi connectivity index (χ1) is 10.6. The first-order valence-corrected chi connectivity index (χ1v) is 7.99. The minimum atomic E-state index is 0.0580. The van der Waals surface area contributed by atoms with Crippen molar-refractivity contribution in [3.05, 3.63) is 29.8 Å². The standard InChI is InChI=1S/C17H23N3O2/c1-11-9-15(11)16(21)19-14-5-3-13(4-6-14)17(22)20-8-7-18-10-12(20)2/h3-6,11-12,15,18H,7-10H2,1-2H3,(H,19,21)/t11?,12-,15?/m1/s1. The van der Waals surface area contributed by atoms with Gasteiger partial charge in [-0.25, -0.2) is 0 Å². The number of amides is 2. The molecule has 2 amide bonds. The fraction of sp³-hybridized carbons (Fsp3) is 0.529. The molecule has 1 saturated heterocycles. The van der Waals surface area contributed by atoms with E-state index in [0.717, 1.165) is 31.7 Å². The highest BCUT2D eigenvalue weighted by Crippen LogP contribution is 2.38. The molecular weight excluding hydrogens is 278 g/mol. The Morgan fingerprint density at radius 3 is 2.50 bits per heavy atom. The summed E-state index contributed by atoms with van der Waals surface area (Å²) in [6, 6.07) is 7.42. The molecule has 2 unspecified atom stereocenters. The smallest absolute Gasteiger partial charge is 0.254 e. The number of carbonyl (C=O) groups is 2. The fourth-order valence-corrected chi connectivity index (χ4v) is 2.93. The van der Waals surface area contributed by atoms with E-state index in [1.165, 1.54) is 0 Å². The first-order valence-electron chi connectivity index (χ1n) is 7.99. The van der Waals surface area contributed by atoms with Gasteiger partial charge in [-0.15, -0.1) is 0 Å². The maximum Gasteiger partial charge on any atom is 0.254 e. The summed E-state index contributed by atoms with van der Waals surface area (Å²) < 4.78 is 0. The third-order valence-electron chi connectivity index (χ3n) is 4.61. The van der Waals surface area contributed by atoms with Gasteiger partial charge in [0, 0.05) is 42.8 Å². The van der Waals surface area contributed by atoms with Crippen molar-refractivity contribution in [3.63, 3.8) is 0 Å². The van der Waals surface area contributed by atoms with Crippen LogP contribution in [0.3, 0.4) is 0 Å². The molecule has 2 fully saturated rings. The highest BCUT2D eigenvalue weighted by atomic mass is 16.2. The third-order valence-corrected chi connectivity index (χ3v) is 4.61. The molecule has 5 heteroatoms. The molecule has 3 rings (SSSR count). The quantitative estimate of drug-likeness (QED) is 0.893. The number of nitrogens with zero attached hydrogens (tertiary/aromatic N) is 1. The SMILES string of the molecule is CC1CC1C(=O)Nc1ccc(C(=O)N2CCNC[C@H]2C)cc1. The van der Waals surface area contributed by atoms with Gasteiger partial charge in [0.15, 0.2) is 0 Å². The van der Waals surface area contributed by atoms with E-state index in [-0.39, 0.29) is 23.8 Å². The Bertz CT molecular complexity index is 570. The number of piperazine rings is 1. The van der Waals surface area contributed by atoms with Crippen molar-refractivity contribution in [1.29, 1.82) is 0 Å². The molecule has 1 aromatic rings. The minimum Gasteiger partial charge on any atom is -0.333 e. The van der Waals surface area contributed by atoms with Gasteiger partial charge < -0.3 is 15.5 Å². The van der Waals surface area contributed by atoms with Crippen LogP contribution in [-0.4, -0.2) is 42.4 Å². The first kappa shape index (κ1) is 15.0. The van der Waals surface area contributed by atoms with E-state index in [0.29, 0.717) is 11.5 Å². The summed E-state index contributed by atoms with van der Waals surface area (Å²) in [5.41, 5.74) is 1.43. The van der Waals surface area contributed by atoms with Gasteiger partial charge in [0.25, 0.3) is 5.91 Å². The molecule has 0 radical (unpaired) electrons. The van der Waals surface area contributed by atoms with Gasteiger partial charge in [-0.1, -0.05) is 6.92 Å². The van der Waals surface area contributed by atoms with E-state index in [9.17, 15) is 9.59 Å². The molecule has 0 aromatic heterocycles. The molecule has 2 N–H and O–H groups in total. The zero-order chi connectivity index (χ0) is 15.7. The van der Waals surface area contributed by atoms with Crippen LogP contribution >= 0.6 is 0 Å². The summed E-state index contributed by atoms with van der Waals surface area (Å²) in [6.45, 7) is 6.54. The Balaban J connectivity index is 1.63. The number of hydrogen-bond donors (Lipinski definition) is 2. The Morgan fingerprint density at radius 1 is 1.23 bits per heavy atom. The normalized spacial score (nSPS) is 27.4. The van der Waals surface area contributed by atoms with Crippen molar-refractivity contribution in [1.82, 2.24) is 10.2 Å². The molecule has 2 aliphatic rings. The molecule has 1 saturated carbocycles. The van der Waals surface area contributed by atoms with E-state index in [1.807, 2.05) is 17.0 Å². The molecule has 0 bridgehead atoms. The predicted octanol–water partition coefficient (Wildman–Crippen LogP) is 1.71. The van der Waals surface area contributed by atoms with E-state index < -0.39 is 0 Å². The molecule has 0 spiro atoms. The van der Waals surface area contributed by atoms with Crippen LogP contribution in [0.2, 0.25) is 0 Å². The van der Waals surface area contributed by atoms with E-state index in [4.69, 9.17) is 0 Å². The monoisotopic (exact) mass is 301 g/mol. The topological polar surface area (TPSA) is 61.4 Å². The number of rotatable bonds is 3. The van der Waals surface area contributed by atoms with Gasteiger partial charge in [0.05, 0.1) is 0 Å². The van der Waals surface area contributed by atoms with Gasteiger partial charge in [0.1, 0.15) is 0 Å². The maximum atomic E-state index is 12.5. The second-order valence-electron chi connectivity index (χ2n) is 6.44. The molecule has 118 valence electrons. The highest BCUT2D eigenvalue weighted by molar-refractivity contribution is 5.97. The summed E-state index contributed by atoms with van der Waals surface area (Å²) in [4.78, 5) is 26.3. The molecule has 1 aromatic carbocycles. The molecular formula is C17H23N3O2. The van der Waals surface area contributed by atoms with Crippen LogP contribution in [0.4, 0.5) is 5.69 Å². The predicted molar refractivity (Wildman–Crippen MR) is 85.7 cm³/mol. The molecule has 3 atom stereocenters. The van der Waals surface area contributed by atoms with Crippen LogP contribution in [-0.2, 0) is 4.79 Å². The van der Waals surface area contributed by atoms with Crippen molar-refractivity contribution in [2.24, 2.45) is 11.8 Å². The van der Waals surface area contributed by atoms with Crippen LogP contribution in [0.5, 0.6) is 0 Å². The average Bonchev–Trinajstić information content (AvgIpc) is 3.25. The Hall–Kier alpha value is -1.88. The highest BCUT2D eigenvalue weighted by Gasteiger charge is 2.39.